The van der Waals surface area contributed by atoms with Crippen molar-refractivity contribution in [3.05, 3.63) is 53.9 Å². The first-order chi connectivity index (χ1) is 9.38. The van der Waals surface area contributed by atoms with Crippen molar-refractivity contribution in [2.45, 2.75) is 6.18 Å². The zero-order chi connectivity index (χ0) is 14.8. The normalized spacial score (nSPS) is 11.2. The lowest BCUT2D eigenvalue weighted by Gasteiger charge is -2.13. The number of rotatable bonds is 2. The van der Waals surface area contributed by atoms with Gasteiger partial charge in [0.25, 0.3) is 5.91 Å². The van der Waals surface area contributed by atoms with E-state index in [-0.39, 0.29) is 11.4 Å². The number of para-hydroxylation sites is 1. The van der Waals surface area contributed by atoms with E-state index in [4.69, 9.17) is 5.73 Å². The molecule has 20 heavy (non-hydrogen) atoms. The number of anilines is 2. The molecule has 0 bridgehead atoms. The summed E-state index contributed by atoms with van der Waals surface area (Å²) in [6, 6.07) is 7.47. The Hall–Kier alpha value is -2.57. The number of amides is 1. The van der Waals surface area contributed by atoms with Crippen LogP contribution in [0.2, 0.25) is 0 Å². The average molecular weight is 281 g/mol. The van der Waals surface area contributed by atoms with Gasteiger partial charge in [-0.25, -0.2) is 0 Å². The third-order valence-electron chi connectivity index (χ3n) is 2.50. The first kappa shape index (κ1) is 13.9. The molecule has 0 aliphatic heterocycles. The number of hydrogen-bond acceptors (Lipinski definition) is 3. The van der Waals surface area contributed by atoms with Crippen molar-refractivity contribution in [1.82, 2.24) is 4.98 Å². The molecule has 0 aliphatic carbocycles. The van der Waals surface area contributed by atoms with Gasteiger partial charge < -0.3 is 11.1 Å². The van der Waals surface area contributed by atoms with Crippen LogP contribution in [0.1, 0.15) is 16.1 Å². The van der Waals surface area contributed by atoms with Crippen molar-refractivity contribution in [1.29, 1.82) is 0 Å². The topological polar surface area (TPSA) is 68.0 Å². The van der Waals surface area contributed by atoms with Crippen LogP contribution in [-0.4, -0.2) is 10.9 Å². The minimum atomic E-state index is -4.55. The van der Waals surface area contributed by atoms with E-state index >= 15 is 0 Å². The number of nitrogens with zero attached hydrogens (tertiary/aromatic N) is 1. The number of nitrogens with one attached hydrogen (secondary N) is 1. The number of carbonyl (C=O) groups is 1. The molecule has 1 amide bonds. The Balaban J connectivity index is 2.29. The van der Waals surface area contributed by atoms with Crippen LogP contribution >= 0.6 is 0 Å². The van der Waals surface area contributed by atoms with Crippen molar-refractivity contribution in [3.63, 3.8) is 0 Å². The van der Waals surface area contributed by atoms with Crippen molar-refractivity contribution in [2.24, 2.45) is 0 Å². The van der Waals surface area contributed by atoms with Crippen LogP contribution < -0.4 is 11.1 Å². The molecule has 0 saturated heterocycles. The van der Waals surface area contributed by atoms with Gasteiger partial charge in [-0.3, -0.25) is 9.78 Å². The van der Waals surface area contributed by atoms with Crippen molar-refractivity contribution in [3.8, 4) is 0 Å². The zero-order valence-electron chi connectivity index (χ0n) is 10.1. The van der Waals surface area contributed by atoms with Crippen molar-refractivity contribution >= 4 is 17.3 Å². The van der Waals surface area contributed by atoms with Crippen LogP contribution in [0.4, 0.5) is 24.5 Å². The number of halogens is 3. The van der Waals surface area contributed by atoms with Crippen molar-refractivity contribution < 1.29 is 18.0 Å². The third-order valence-corrected chi connectivity index (χ3v) is 2.50. The number of nitrogen functional groups attached to an aromatic ring is 1. The highest BCUT2D eigenvalue weighted by Gasteiger charge is 2.33. The second-order valence-electron chi connectivity index (χ2n) is 3.97. The highest BCUT2D eigenvalue weighted by Crippen LogP contribution is 2.34. The highest BCUT2D eigenvalue weighted by molar-refractivity contribution is 6.03. The van der Waals surface area contributed by atoms with Crippen molar-refractivity contribution in [2.75, 3.05) is 11.1 Å². The number of nitrogens with two attached hydrogens (primary N) is 1. The molecule has 1 aromatic heterocycles. The zero-order valence-corrected chi connectivity index (χ0v) is 10.1. The lowest BCUT2D eigenvalue weighted by atomic mass is 10.1. The standard InChI is InChI=1S/C13H10F3N3O/c14-13(15,16)9-3-1-2-4-10(9)19-12(20)11-7-8(17)5-6-18-11/h1-7H,(H2,17,18)(H,19,20). The summed E-state index contributed by atoms with van der Waals surface area (Å²) in [5.74, 6) is -0.756. The summed E-state index contributed by atoms with van der Waals surface area (Å²) < 4.78 is 38.3. The number of pyridine rings is 1. The SMILES string of the molecule is Nc1ccnc(C(=O)Nc2ccccc2C(F)(F)F)c1. The molecular formula is C13H10F3N3O. The molecule has 1 aromatic carbocycles. The Morgan fingerprint density at radius 2 is 1.90 bits per heavy atom. The van der Waals surface area contributed by atoms with Gasteiger partial charge in [-0.1, -0.05) is 12.1 Å². The van der Waals surface area contributed by atoms with Crippen LogP contribution in [0.15, 0.2) is 42.6 Å². The van der Waals surface area contributed by atoms with E-state index in [1.807, 2.05) is 0 Å². The second-order valence-corrected chi connectivity index (χ2v) is 3.97. The molecule has 0 spiro atoms. The molecule has 0 atom stereocenters. The average Bonchev–Trinajstić information content (AvgIpc) is 2.38. The predicted octanol–water partition coefficient (Wildman–Crippen LogP) is 2.93. The molecule has 1 heterocycles. The van der Waals surface area contributed by atoms with E-state index in [0.29, 0.717) is 5.69 Å². The maximum atomic E-state index is 12.8. The second kappa shape index (κ2) is 5.20. The number of hydrogen-bond donors (Lipinski definition) is 2. The molecule has 0 aliphatic rings. The Bertz CT molecular complexity index is 641. The van der Waals surface area contributed by atoms with Crippen LogP contribution in [0, 0.1) is 0 Å². The Morgan fingerprint density at radius 3 is 2.55 bits per heavy atom. The summed E-state index contributed by atoms with van der Waals surface area (Å²) in [5.41, 5.74) is 4.49. The van der Waals surface area contributed by atoms with Gasteiger partial charge in [-0.2, -0.15) is 13.2 Å². The van der Waals surface area contributed by atoms with E-state index in [1.54, 1.807) is 0 Å². The Morgan fingerprint density at radius 1 is 1.20 bits per heavy atom. The summed E-state index contributed by atoms with van der Waals surface area (Å²) in [5, 5.41) is 2.18. The Kier molecular flexibility index (Phi) is 3.60. The fraction of sp³-hybridized carbons (Fsp3) is 0.0769. The first-order valence-corrected chi connectivity index (χ1v) is 5.57. The summed E-state index contributed by atoms with van der Waals surface area (Å²) in [4.78, 5) is 15.6. The quantitative estimate of drug-likeness (QED) is 0.889. The molecular weight excluding hydrogens is 271 g/mol. The lowest BCUT2D eigenvalue weighted by molar-refractivity contribution is -0.136. The molecule has 7 heteroatoms. The third kappa shape index (κ3) is 3.05. The minimum Gasteiger partial charge on any atom is -0.399 e. The van der Waals surface area contributed by atoms with E-state index in [0.717, 1.165) is 6.07 Å². The molecule has 2 rings (SSSR count). The van der Waals surface area contributed by atoms with Gasteiger partial charge in [-0.05, 0) is 24.3 Å². The van der Waals surface area contributed by atoms with Gasteiger partial charge in [0.05, 0.1) is 11.3 Å². The van der Waals surface area contributed by atoms with Gasteiger partial charge in [0, 0.05) is 11.9 Å². The molecule has 2 aromatic rings. The molecule has 104 valence electrons. The van der Waals surface area contributed by atoms with Gasteiger partial charge >= 0.3 is 6.18 Å². The Labute approximate surface area is 112 Å². The molecule has 0 radical (unpaired) electrons. The van der Waals surface area contributed by atoms with E-state index in [9.17, 15) is 18.0 Å². The summed E-state index contributed by atoms with van der Waals surface area (Å²) in [7, 11) is 0. The van der Waals surface area contributed by atoms with Crippen LogP contribution in [0.25, 0.3) is 0 Å². The maximum Gasteiger partial charge on any atom is 0.418 e. The lowest BCUT2D eigenvalue weighted by Crippen LogP contribution is -2.17. The summed E-state index contributed by atoms with van der Waals surface area (Å²) >= 11 is 0. The summed E-state index contributed by atoms with van der Waals surface area (Å²) in [6.07, 6.45) is -3.24. The number of aromatic nitrogens is 1. The predicted molar refractivity (Wildman–Crippen MR) is 68.0 cm³/mol. The molecule has 0 saturated carbocycles. The number of alkyl halides is 3. The van der Waals surface area contributed by atoms with E-state index in [1.165, 1.54) is 36.5 Å². The smallest absolute Gasteiger partial charge is 0.399 e. The minimum absolute atomic E-state index is 0.0537. The molecule has 0 fully saturated rings. The van der Waals surface area contributed by atoms with Crippen LogP contribution in [-0.2, 0) is 6.18 Å². The fourth-order valence-electron chi connectivity index (χ4n) is 1.60. The van der Waals surface area contributed by atoms with Gasteiger partial charge in [0.15, 0.2) is 0 Å². The molecule has 0 unspecified atom stereocenters. The monoisotopic (exact) mass is 281 g/mol. The first-order valence-electron chi connectivity index (χ1n) is 5.57. The summed E-state index contributed by atoms with van der Waals surface area (Å²) in [6.45, 7) is 0. The fourth-order valence-corrected chi connectivity index (χ4v) is 1.60. The van der Waals surface area contributed by atoms with E-state index < -0.39 is 17.6 Å². The maximum absolute atomic E-state index is 12.8. The van der Waals surface area contributed by atoms with Crippen LogP contribution in [0.3, 0.4) is 0 Å². The number of benzene rings is 1. The molecule has 3 N–H and O–H groups in total. The molecule has 4 nitrogen and oxygen atoms in total. The van der Waals surface area contributed by atoms with Gasteiger partial charge in [0.1, 0.15) is 5.69 Å². The van der Waals surface area contributed by atoms with E-state index in [2.05, 4.69) is 10.3 Å². The largest absolute Gasteiger partial charge is 0.418 e. The highest BCUT2D eigenvalue weighted by atomic mass is 19.4. The van der Waals surface area contributed by atoms with Gasteiger partial charge in [-0.15, -0.1) is 0 Å². The van der Waals surface area contributed by atoms with Gasteiger partial charge in [0.2, 0.25) is 0 Å². The number of carbonyl (C=O) groups excluding carboxylic acids is 1. The van der Waals surface area contributed by atoms with Crippen LogP contribution in [0.5, 0.6) is 0 Å².